The maximum atomic E-state index is 13.4. The van der Waals surface area contributed by atoms with E-state index in [1.807, 2.05) is 72.8 Å². The second kappa shape index (κ2) is 9.28. The molecule has 0 amide bonds. The Balaban J connectivity index is 1.37. The van der Waals surface area contributed by atoms with E-state index in [9.17, 15) is 4.39 Å². The molecule has 0 aliphatic carbocycles. The topological polar surface area (TPSA) is 59.4 Å². The molecule has 33 heavy (non-hydrogen) atoms. The van der Waals surface area contributed by atoms with Gasteiger partial charge in [-0.2, -0.15) is 5.10 Å². The number of ether oxygens (including phenoxy) is 1. The van der Waals surface area contributed by atoms with Gasteiger partial charge in [0.2, 0.25) is 0 Å². The largest absolute Gasteiger partial charge is 0.457 e. The van der Waals surface area contributed by atoms with Crippen LogP contribution >= 0.6 is 0 Å². The molecule has 0 bridgehead atoms. The summed E-state index contributed by atoms with van der Waals surface area (Å²) in [6, 6.07) is 29.3. The monoisotopic (exact) mass is 434 g/mol. The first kappa shape index (κ1) is 20.3. The van der Waals surface area contributed by atoms with E-state index in [1.165, 1.54) is 12.1 Å². The smallest absolute Gasteiger partial charge is 0.161 e. The molecule has 2 heterocycles. The second-order valence-electron chi connectivity index (χ2n) is 7.30. The number of hydrogen-bond donors (Lipinski definition) is 1. The van der Waals surface area contributed by atoms with Crippen LogP contribution in [-0.2, 0) is 0 Å². The van der Waals surface area contributed by atoms with Crippen LogP contribution in [0.2, 0.25) is 0 Å². The molecule has 2 aromatic heterocycles. The molecule has 5 aromatic rings. The molecule has 3 aromatic carbocycles. The molecule has 160 valence electrons. The molecule has 0 fully saturated rings. The van der Waals surface area contributed by atoms with Gasteiger partial charge >= 0.3 is 0 Å². The Hall–Kier alpha value is -4.58. The number of rotatable bonds is 6. The van der Waals surface area contributed by atoms with Gasteiger partial charge in [0.15, 0.2) is 11.5 Å². The summed E-state index contributed by atoms with van der Waals surface area (Å²) in [7, 11) is 0. The van der Waals surface area contributed by atoms with Crippen LogP contribution in [0.5, 0.6) is 11.5 Å². The fraction of sp³-hybridized carbons (Fsp3) is 0. The predicted octanol–water partition coefficient (Wildman–Crippen LogP) is 6.67. The van der Waals surface area contributed by atoms with Crippen molar-refractivity contribution < 1.29 is 9.13 Å². The molecule has 0 radical (unpaired) electrons. The number of halogens is 1. The van der Waals surface area contributed by atoms with Crippen LogP contribution in [0.25, 0.3) is 22.2 Å². The number of anilines is 1. The Morgan fingerprint density at radius 3 is 2.36 bits per heavy atom. The molecule has 1 N–H and O–H groups in total. The quantitative estimate of drug-likeness (QED) is 0.239. The summed E-state index contributed by atoms with van der Waals surface area (Å²) in [4.78, 5) is 8.94. The molecule has 6 heteroatoms. The minimum atomic E-state index is -0.290. The Bertz CT molecular complexity index is 1400. The van der Waals surface area contributed by atoms with Crippen LogP contribution in [0.1, 0.15) is 5.56 Å². The molecule has 0 unspecified atom stereocenters. The molecular formula is C27H19FN4O. The van der Waals surface area contributed by atoms with E-state index in [0.717, 1.165) is 33.6 Å². The molecule has 0 aliphatic heterocycles. The molecule has 0 aliphatic rings. The van der Waals surface area contributed by atoms with Crippen molar-refractivity contribution in [3.05, 3.63) is 115 Å². The summed E-state index contributed by atoms with van der Waals surface area (Å²) in [6.07, 6.45) is 3.39. The number of nitrogens with one attached hydrogen (secondary N) is 1. The molecule has 5 rings (SSSR count). The summed E-state index contributed by atoms with van der Waals surface area (Å²) in [6.45, 7) is 0. The standard InChI is InChI=1S/C27H19FN4O/c28-22-12-10-20(11-13-22)25-17-21-5-4-16-29-26(21)31-27(25)32-30-18-19-8-14-24(15-9-19)33-23-6-2-1-3-7-23/h1-18H,(H,29,31,32)/b30-18+. The van der Waals surface area contributed by atoms with Gasteiger partial charge in [0.25, 0.3) is 0 Å². The fourth-order valence-electron chi connectivity index (χ4n) is 3.35. The zero-order chi connectivity index (χ0) is 22.5. The summed E-state index contributed by atoms with van der Waals surface area (Å²) >= 11 is 0. The minimum absolute atomic E-state index is 0.290. The van der Waals surface area contributed by atoms with Crippen molar-refractivity contribution in [3.63, 3.8) is 0 Å². The number of hydrazone groups is 1. The van der Waals surface area contributed by atoms with Crippen molar-refractivity contribution in [1.29, 1.82) is 0 Å². The maximum absolute atomic E-state index is 13.4. The van der Waals surface area contributed by atoms with Crippen LogP contribution in [0.3, 0.4) is 0 Å². The first-order valence-electron chi connectivity index (χ1n) is 10.4. The van der Waals surface area contributed by atoms with Gasteiger partial charge in [0.1, 0.15) is 17.3 Å². The van der Waals surface area contributed by atoms with Crippen LogP contribution in [0.4, 0.5) is 10.2 Å². The van der Waals surface area contributed by atoms with Crippen molar-refractivity contribution in [1.82, 2.24) is 9.97 Å². The highest BCUT2D eigenvalue weighted by Crippen LogP contribution is 2.30. The molecule has 0 saturated carbocycles. The van der Waals surface area contributed by atoms with Gasteiger partial charge in [-0.15, -0.1) is 0 Å². The lowest BCUT2D eigenvalue weighted by Crippen LogP contribution is -1.98. The van der Waals surface area contributed by atoms with E-state index in [0.29, 0.717) is 11.5 Å². The summed E-state index contributed by atoms with van der Waals surface area (Å²) in [5, 5.41) is 5.25. The van der Waals surface area contributed by atoms with Crippen molar-refractivity contribution in [2.75, 3.05) is 5.43 Å². The van der Waals surface area contributed by atoms with Gasteiger partial charge in [0.05, 0.1) is 6.21 Å². The lowest BCUT2D eigenvalue weighted by molar-refractivity contribution is 0.482. The SMILES string of the molecule is Fc1ccc(-c2cc3cccnc3nc2N/N=C/c2ccc(Oc3ccccc3)cc2)cc1. The zero-order valence-electron chi connectivity index (χ0n) is 17.5. The van der Waals surface area contributed by atoms with Gasteiger partial charge in [-0.3, -0.25) is 5.43 Å². The van der Waals surface area contributed by atoms with Crippen molar-refractivity contribution in [3.8, 4) is 22.6 Å². The van der Waals surface area contributed by atoms with Crippen molar-refractivity contribution >= 4 is 23.1 Å². The number of pyridine rings is 2. The molecule has 0 saturated heterocycles. The van der Waals surface area contributed by atoms with Crippen LogP contribution < -0.4 is 10.2 Å². The molecule has 0 atom stereocenters. The van der Waals surface area contributed by atoms with Gasteiger partial charge in [-0.25, -0.2) is 14.4 Å². The number of aromatic nitrogens is 2. The Labute approximate surface area is 190 Å². The van der Waals surface area contributed by atoms with E-state index >= 15 is 0 Å². The Morgan fingerprint density at radius 2 is 1.58 bits per heavy atom. The second-order valence-corrected chi connectivity index (χ2v) is 7.30. The molecular weight excluding hydrogens is 415 g/mol. The van der Waals surface area contributed by atoms with Gasteiger partial charge in [-0.1, -0.05) is 30.3 Å². The third-order valence-electron chi connectivity index (χ3n) is 4.99. The van der Waals surface area contributed by atoms with Gasteiger partial charge in [-0.05, 0) is 77.9 Å². The fourth-order valence-corrected chi connectivity index (χ4v) is 3.35. The van der Waals surface area contributed by atoms with Crippen molar-refractivity contribution in [2.45, 2.75) is 0 Å². The van der Waals surface area contributed by atoms with E-state index in [-0.39, 0.29) is 5.82 Å². The minimum Gasteiger partial charge on any atom is -0.457 e. The Morgan fingerprint density at radius 1 is 0.818 bits per heavy atom. The first-order valence-corrected chi connectivity index (χ1v) is 10.4. The average molecular weight is 434 g/mol. The van der Waals surface area contributed by atoms with Crippen LogP contribution in [0, 0.1) is 5.82 Å². The molecule has 5 nitrogen and oxygen atoms in total. The zero-order valence-corrected chi connectivity index (χ0v) is 17.5. The molecule has 0 spiro atoms. The third-order valence-corrected chi connectivity index (χ3v) is 4.99. The summed E-state index contributed by atoms with van der Waals surface area (Å²) in [5.41, 5.74) is 6.14. The van der Waals surface area contributed by atoms with E-state index in [4.69, 9.17) is 4.74 Å². The summed E-state index contributed by atoms with van der Waals surface area (Å²) < 4.78 is 19.2. The number of hydrogen-bond acceptors (Lipinski definition) is 5. The highest BCUT2D eigenvalue weighted by molar-refractivity contribution is 5.88. The van der Waals surface area contributed by atoms with E-state index in [2.05, 4.69) is 20.5 Å². The van der Waals surface area contributed by atoms with Gasteiger partial charge < -0.3 is 4.74 Å². The van der Waals surface area contributed by atoms with E-state index in [1.54, 1.807) is 24.5 Å². The number of benzene rings is 3. The Kier molecular flexibility index (Phi) is 5.72. The number of para-hydroxylation sites is 1. The lowest BCUT2D eigenvalue weighted by atomic mass is 10.1. The van der Waals surface area contributed by atoms with E-state index < -0.39 is 0 Å². The number of nitrogens with zero attached hydrogens (tertiary/aromatic N) is 3. The highest BCUT2D eigenvalue weighted by Gasteiger charge is 2.10. The first-order chi connectivity index (χ1) is 16.2. The maximum Gasteiger partial charge on any atom is 0.161 e. The third kappa shape index (κ3) is 4.85. The normalized spacial score (nSPS) is 11.1. The summed E-state index contributed by atoms with van der Waals surface area (Å²) in [5.74, 6) is 1.77. The van der Waals surface area contributed by atoms with Gasteiger partial charge in [0, 0.05) is 17.1 Å². The lowest BCUT2D eigenvalue weighted by Gasteiger charge is -2.10. The highest BCUT2D eigenvalue weighted by atomic mass is 19.1. The van der Waals surface area contributed by atoms with Crippen molar-refractivity contribution in [2.24, 2.45) is 5.10 Å². The van der Waals surface area contributed by atoms with Crippen LogP contribution in [-0.4, -0.2) is 16.2 Å². The number of fused-ring (bicyclic) bond motifs is 1. The average Bonchev–Trinajstić information content (AvgIpc) is 2.86. The van der Waals surface area contributed by atoms with Crippen LogP contribution in [0.15, 0.2) is 108 Å². The predicted molar refractivity (Wildman–Crippen MR) is 129 cm³/mol.